The SMILES string of the molecule is C=C/C=c1/[nH]cc(CCNC(=O)S)/c1=C/C.CC. The second kappa shape index (κ2) is 9.59. The van der Waals surface area contributed by atoms with Gasteiger partial charge in [0, 0.05) is 18.1 Å². The first-order valence-corrected chi connectivity index (χ1v) is 6.56. The van der Waals surface area contributed by atoms with Gasteiger partial charge in [-0.25, -0.2) is 0 Å². The van der Waals surface area contributed by atoms with E-state index < -0.39 is 0 Å². The maximum absolute atomic E-state index is 10.6. The lowest BCUT2D eigenvalue weighted by atomic mass is 10.2. The van der Waals surface area contributed by atoms with Crippen LogP contribution in [0.5, 0.6) is 0 Å². The number of allylic oxidation sites excluding steroid dienone is 1. The number of H-pyrrole nitrogens is 1. The van der Waals surface area contributed by atoms with Crippen LogP contribution in [0.3, 0.4) is 0 Å². The van der Waals surface area contributed by atoms with Gasteiger partial charge >= 0.3 is 0 Å². The van der Waals surface area contributed by atoms with Crippen LogP contribution in [0.1, 0.15) is 26.3 Å². The zero-order chi connectivity index (χ0) is 14.0. The third kappa shape index (κ3) is 5.27. The van der Waals surface area contributed by atoms with Crippen LogP contribution >= 0.6 is 12.6 Å². The number of thiol groups is 1. The van der Waals surface area contributed by atoms with E-state index >= 15 is 0 Å². The molecule has 0 unspecified atom stereocenters. The predicted molar refractivity (Wildman–Crippen MR) is 82.3 cm³/mol. The summed E-state index contributed by atoms with van der Waals surface area (Å²) in [6.45, 7) is 10.3. The molecule has 1 heterocycles. The molecule has 3 nitrogen and oxygen atoms in total. The molecule has 0 radical (unpaired) electrons. The summed E-state index contributed by atoms with van der Waals surface area (Å²) in [4.78, 5) is 13.8. The molecule has 0 spiro atoms. The first-order chi connectivity index (χ1) is 8.69. The van der Waals surface area contributed by atoms with E-state index in [2.05, 4.69) is 29.5 Å². The summed E-state index contributed by atoms with van der Waals surface area (Å²) in [6, 6.07) is 0. The topological polar surface area (TPSA) is 44.9 Å². The zero-order valence-electron chi connectivity index (χ0n) is 11.3. The lowest BCUT2D eigenvalue weighted by molar-refractivity contribution is 0.261. The van der Waals surface area contributed by atoms with Gasteiger partial charge in [-0.2, -0.15) is 0 Å². The summed E-state index contributed by atoms with van der Waals surface area (Å²) < 4.78 is 0. The van der Waals surface area contributed by atoms with Crippen LogP contribution in [0.15, 0.2) is 18.9 Å². The number of carbonyl (C=O) groups is 1. The molecule has 0 atom stereocenters. The van der Waals surface area contributed by atoms with Gasteiger partial charge in [-0.15, -0.1) is 0 Å². The Morgan fingerprint density at radius 3 is 2.72 bits per heavy atom. The van der Waals surface area contributed by atoms with E-state index in [-0.39, 0.29) is 5.24 Å². The summed E-state index contributed by atoms with van der Waals surface area (Å²) in [6.07, 6.45) is 8.46. The fourth-order valence-corrected chi connectivity index (χ4v) is 1.71. The van der Waals surface area contributed by atoms with Gasteiger partial charge < -0.3 is 10.3 Å². The highest BCUT2D eigenvalue weighted by molar-refractivity contribution is 7.96. The van der Waals surface area contributed by atoms with E-state index in [9.17, 15) is 4.79 Å². The normalized spacial score (nSPS) is 11.8. The summed E-state index contributed by atoms with van der Waals surface area (Å²) in [7, 11) is 0. The van der Waals surface area contributed by atoms with Gasteiger partial charge in [-0.05, 0) is 30.2 Å². The van der Waals surface area contributed by atoms with Crippen LogP contribution in [-0.4, -0.2) is 16.8 Å². The lowest BCUT2D eigenvalue weighted by Gasteiger charge is -1.98. The molecule has 0 aliphatic rings. The van der Waals surface area contributed by atoms with Gasteiger partial charge in [0.1, 0.15) is 0 Å². The number of hydrogen-bond donors (Lipinski definition) is 3. The summed E-state index contributed by atoms with van der Waals surface area (Å²) in [5.41, 5.74) is 1.18. The molecule has 0 aliphatic heterocycles. The van der Waals surface area contributed by atoms with Crippen LogP contribution in [-0.2, 0) is 6.42 Å². The molecule has 0 saturated carbocycles. The Morgan fingerprint density at radius 1 is 1.56 bits per heavy atom. The van der Waals surface area contributed by atoms with Crippen molar-refractivity contribution in [2.24, 2.45) is 0 Å². The Kier molecular flexibility index (Phi) is 8.84. The van der Waals surface area contributed by atoms with Crippen LogP contribution in [0.25, 0.3) is 12.2 Å². The van der Waals surface area contributed by atoms with Crippen molar-refractivity contribution in [3.8, 4) is 0 Å². The van der Waals surface area contributed by atoms with Crippen LogP contribution in [0.4, 0.5) is 4.79 Å². The van der Waals surface area contributed by atoms with Gasteiger partial charge in [-0.1, -0.05) is 45.2 Å². The minimum Gasteiger partial charge on any atom is -0.361 e. The first kappa shape index (κ1) is 16.6. The predicted octanol–water partition coefficient (Wildman–Crippen LogP) is 1.99. The lowest BCUT2D eigenvalue weighted by Crippen LogP contribution is -2.27. The van der Waals surface area contributed by atoms with E-state index in [0.29, 0.717) is 6.54 Å². The highest BCUT2D eigenvalue weighted by Gasteiger charge is 1.99. The standard InChI is InChI=1S/C12H16N2OS.C2H6/c1-3-5-11-10(4-2)9(8-14-11)6-7-13-12(15)16;1-2/h3-5,8,14H,1,6-7H2,2H3,(H2,13,15,16);1-2H3/b10-4-,11-5+;. The Morgan fingerprint density at radius 2 is 2.22 bits per heavy atom. The molecule has 2 N–H and O–H groups in total. The molecule has 100 valence electrons. The Balaban J connectivity index is 0.00000137. The Bertz CT molecular complexity index is 488. The largest absolute Gasteiger partial charge is 0.361 e. The maximum atomic E-state index is 10.6. The van der Waals surface area contributed by atoms with Crippen molar-refractivity contribution in [2.45, 2.75) is 27.2 Å². The molecule has 18 heavy (non-hydrogen) atoms. The number of nitrogens with one attached hydrogen (secondary N) is 2. The third-order valence-electron chi connectivity index (χ3n) is 2.28. The van der Waals surface area contributed by atoms with Crippen molar-refractivity contribution in [1.29, 1.82) is 0 Å². The third-order valence-corrected chi connectivity index (χ3v) is 2.44. The average molecular weight is 266 g/mol. The molecule has 0 bridgehead atoms. The number of rotatable bonds is 4. The quantitative estimate of drug-likeness (QED) is 0.717. The van der Waals surface area contributed by atoms with Gasteiger partial charge in [-0.3, -0.25) is 4.79 Å². The monoisotopic (exact) mass is 266 g/mol. The Labute approximate surface area is 114 Å². The van der Waals surface area contributed by atoms with E-state index in [1.165, 1.54) is 5.56 Å². The number of aromatic nitrogens is 1. The van der Waals surface area contributed by atoms with Crippen molar-refractivity contribution in [2.75, 3.05) is 6.54 Å². The molecule has 0 fully saturated rings. The minimum absolute atomic E-state index is 0.296. The van der Waals surface area contributed by atoms with Crippen molar-refractivity contribution >= 4 is 30.0 Å². The molecule has 0 saturated heterocycles. The zero-order valence-corrected chi connectivity index (χ0v) is 12.2. The molecular formula is C14H22N2OS. The molecular weight excluding hydrogens is 244 g/mol. The molecule has 1 aromatic heterocycles. The minimum atomic E-state index is -0.296. The smallest absolute Gasteiger partial charge is 0.275 e. The molecule has 0 aromatic carbocycles. The highest BCUT2D eigenvalue weighted by Crippen LogP contribution is 1.88. The molecule has 1 amide bonds. The number of hydrogen-bond acceptors (Lipinski definition) is 1. The number of carbonyl (C=O) groups excluding carboxylic acids is 1. The van der Waals surface area contributed by atoms with Crippen molar-refractivity contribution in [1.82, 2.24) is 10.3 Å². The fourth-order valence-electron chi connectivity index (χ4n) is 1.60. The molecule has 1 rings (SSSR count). The fraction of sp³-hybridized carbons (Fsp3) is 0.357. The summed E-state index contributed by atoms with van der Waals surface area (Å²) >= 11 is 3.65. The van der Waals surface area contributed by atoms with Gasteiger partial charge in [0.15, 0.2) is 0 Å². The van der Waals surface area contributed by atoms with Crippen LogP contribution < -0.4 is 15.9 Å². The van der Waals surface area contributed by atoms with Crippen LogP contribution in [0, 0.1) is 0 Å². The molecule has 0 aliphatic carbocycles. The second-order valence-corrected chi connectivity index (χ2v) is 3.72. The summed E-state index contributed by atoms with van der Waals surface area (Å²) in [5.74, 6) is 0. The maximum Gasteiger partial charge on any atom is 0.275 e. The van der Waals surface area contributed by atoms with Crippen LogP contribution in [0.2, 0.25) is 0 Å². The van der Waals surface area contributed by atoms with E-state index in [0.717, 1.165) is 17.0 Å². The number of aromatic amines is 1. The second-order valence-electron chi connectivity index (χ2n) is 3.31. The van der Waals surface area contributed by atoms with E-state index in [1.54, 1.807) is 6.08 Å². The number of amides is 1. The van der Waals surface area contributed by atoms with Gasteiger partial charge in [0.05, 0.1) is 0 Å². The van der Waals surface area contributed by atoms with E-state index in [1.807, 2.05) is 39.1 Å². The van der Waals surface area contributed by atoms with Crippen molar-refractivity contribution < 1.29 is 4.79 Å². The van der Waals surface area contributed by atoms with Gasteiger partial charge in [0.2, 0.25) is 0 Å². The van der Waals surface area contributed by atoms with Crippen molar-refractivity contribution in [3.63, 3.8) is 0 Å². The molecule has 1 aromatic rings. The van der Waals surface area contributed by atoms with E-state index in [4.69, 9.17) is 0 Å². The Hall–Kier alpha value is -1.42. The molecule has 4 heteroatoms. The van der Waals surface area contributed by atoms with Crippen molar-refractivity contribution in [3.05, 3.63) is 35.0 Å². The first-order valence-electron chi connectivity index (χ1n) is 6.11. The van der Waals surface area contributed by atoms with Gasteiger partial charge in [0.25, 0.3) is 5.24 Å². The summed E-state index contributed by atoms with van der Waals surface area (Å²) in [5, 5.41) is 4.56. The highest BCUT2D eigenvalue weighted by atomic mass is 32.1. The average Bonchev–Trinajstić information content (AvgIpc) is 2.74.